The van der Waals surface area contributed by atoms with Crippen LogP contribution in [0.3, 0.4) is 0 Å². The van der Waals surface area contributed by atoms with E-state index in [1.54, 1.807) is 6.07 Å². The van der Waals surface area contributed by atoms with Gasteiger partial charge in [0, 0.05) is 0 Å². The lowest BCUT2D eigenvalue weighted by molar-refractivity contribution is -0.386. The van der Waals surface area contributed by atoms with Gasteiger partial charge in [-0.1, -0.05) is 6.07 Å². The summed E-state index contributed by atoms with van der Waals surface area (Å²) in [6, 6.07) is 2.81. The van der Waals surface area contributed by atoms with Crippen molar-refractivity contribution in [2.75, 3.05) is 0 Å². The van der Waals surface area contributed by atoms with Crippen LogP contribution >= 0.6 is 0 Å². The lowest BCUT2D eigenvalue weighted by Gasteiger charge is -2.43. The third-order valence-electron chi connectivity index (χ3n) is 3.88. The number of rotatable bonds is 1. The molecule has 1 aliphatic heterocycles. The Bertz CT molecular complexity index is 580. The van der Waals surface area contributed by atoms with Crippen LogP contribution in [0.15, 0.2) is 12.1 Å². The second-order valence-corrected chi connectivity index (χ2v) is 4.66. The Morgan fingerprint density at radius 2 is 2.11 bits per heavy atom. The molecule has 3 N–H and O–H groups in total. The maximum absolute atomic E-state index is 11.0. The molecule has 1 spiro atoms. The number of nitro groups is 1. The highest BCUT2D eigenvalue weighted by atomic mass is 16.6. The standard InChI is InChI=1S/C11H11N3O4/c12-10-8-6(11(13(10)16)4-1-5-11)2-3-7(15)9(8)14(17)18/h2-3,12,15-16H,1,4-5H2. The number of nitro benzene ring substituents is 1. The van der Waals surface area contributed by atoms with Crippen LogP contribution in [0.2, 0.25) is 0 Å². The molecule has 0 saturated heterocycles. The molecule has 0 radical (unpaired) electrons. The molecular weight excluding hydrogens is 238 g/mol. The summed E-state index contributed by atoms with van der Waals surface area (Å²) >= 11 is 0. The fourth-order valence-corrected chi connectivity index (χ4v) is 2.82. The van der Waals surface area contributed by atoms with Crippen LogP contribution in [0.25, 0.3) is 0 Å². The van der Waals surface area contributed by atoms with E-state index in [0.29, 0.717) is 18.4 Å². The monoisotopic (exact) mass is 249 g/mol. The number of hydroxylamine groups is 2. The van der Waals surface area contributed by atoms with E-state index < -0.39 is 21.9 Å². The number of phenolic OH excluding ortho intramolecular Hbond substituents is 1. The van der Waals surface area contributed by atoms with Crippen LogP contribution in [-0.4, -0.2) is 26.1 Å². The Hall–Kier alpha value is -2.15. The van der Waals surface area contributed by atoms with Crippen LogP contribution in [0.4, 0.5) is 5.69 Å². The molecule has 1 heterocycles. The molecule has 0 atom stereocenters. The van der Waals surface area contributed by atoms with Crippen molar-refractivity contribution in [3.05, 3.63) is 33.4 Å². The Morgan fingerprint density at radius 3 is 2.61 bits per heavy atom. The fraction of sp³-hybridized carbons (Fsp3) is 0.364. The molecule has 7 heteroatoms. The molecule has 2 aliphatic rings. The summed E-state index contributed by atoms with van der Waals surface area (Å²) in [5.74, 6) is -0.791. The smallest absolute Gasteiger partial charge is 0.322 e. The van der Waals surface area contributed by atoms with Gasteiger partial charge >= 0.3 is 5.69 Å². The Labute approximate surface area is 102 Å². The van der Waals surface area contributed by atoms with Gasteiger partial charge in [0.25, 0.3) is 0 Å². The van der Waals surface area contributed by atoms with Crippen molar-refractivity contribution in [1.82, 2.24) is 5.06 Å². The SMILES string of the molecule is N=C1c2c(ccc(O)c2[N+](=O)[O-])C2(CCC2)N1O. The number of fused-ring (bicyclic) bond motifs is 2. The predicted octanol–water partition coefficient (Wildman–Crippen LogP) is 1.71. The quantitative estimate of drug-likeness (QED) is 0.518. The summed E-state index contributed by atoms with van der Waals surface area (Å²) in [5, 5.41) is 39.2. The number of hydrogen-bond donors (Lipinski definition) is 3. The maximum Gasteiger partial charge on any atom is 0.322 e. The van der Waals surface area contributed by atoms with Crippen molar-refractivity contribution in [2.24, 2.45) is 0 Å². The van der Waals surface area contributed by atoms with Gasteiger partial charge in [0.15, 0.2) is 11.6 Å². The molecule has 94 valence electrons. The number of nitrogens with one attached hydrogen (secondary N) is 1. The molecule has 0 bridgehead atoms. The molecule has 0 aromatic heterocycles. The summed E-state index contributed by atoms with van der Waals surface area (Å²) in [4.78, 5) is 10.3. The van der Waals surface area contributed by atoms with E-state index in [-0.39, 0.29) is 11.4 Å². The van der Waals surface area contributed by atoms with Crippen molar-refractivity contribution < 1.29 is 15.2 Å². The van der Waals surface area contributed by atoms with Gasteiger partial charge in [-0.3, -0.25) is 20.7 Å². The highest BCUT2D eigenvalue weighted by Crippen LogP contribution is 2.54. The largest absolute Gasteiger partial charge is 0.502 e. The lowest BCUT2D eigenvalue weighted by Crippen LogP contribution is -2.46. The minimum Gasteiger partial charge on any atom is -0.502 e. The predicted molar refractivity (Wildman–Crippen MR) is 60.7 cm³/mol. The Kier molecular flexibility index (Phi) is 1.95. The summed E-state index contributed by atoms with van der Waals surface area (Å²) in [5.41, 5.74) is -0.612. The van der Waals surface area contributed by atoms with E-state index >= 15 is 0 Å². The summed E-state index contributed by atoms with van der Waals surface area (Å²) in [6.07, 6.45) is 2.21. The van der Waals surface area contributed by atoms with Gasteiger partial charge in [0.2, 0.25) is 0 Å². The molecule has 7 nitrogen and oxygen atoms in total. The first-order valence-electron chi connectivity index (χ1n) is 5.58. The molecule has 1 fully saturated rings. The zero-order chi connectivity index (χ0) is 13.1. The third-order valence-corrected chi connectivity index (χ3v) is 3.88. The van der Waals surface area contributed by atoms with Gasteiger partial charge in [-0.15, -0.1) is 0 Å². The first-order valence-corrected chi connectivity index (χ1v) is 5.58. The minimum atomic E-state index is -0.714. The molecule has 0 amide bonds. The zero-order valence-corrected chi connectivity index (χ0v) is 9.38. The lowest BCUT2D eigenvalue weighted by atomic mass is 9.72. The van der Waals surface area contributed by atoms with E-state index in [1.165, 1.54) is 6.07 Å². The van der Waals surface area contributed by atoms with Crippen LogP contribution < -0.4 is 0 Å². The molecule has 18 heavy (non-hydrogen) atoms. The van der Waals surface area contributed by atoms with E-state index in [0.717, 1.165) is 11.5 Å². The molecule has 1 aliphatic carbocycles. The minimum absolute atomic E-state index is 0.0298. The molecule has 0 unspecified atom stereocenters. The van der Waals surface area contributed by atoms with Crippen molar-refractivity contribution in [1.29, 1.82) is 5.41 Å². The van der Waals surface area contributed by atoms with Gasteiger partial charge < -0.3 is 5.11 Å². The summed E-state index contributed by atoms with van der Waals surface area (Å²) in [6.45, 7) is 0. The zero-order valence-electron chi connectivity index (χ0n) is 9.38. The number of amidine groups is 1. The molecule has 3 rings (SSSR count). The van der Waals surface area contributed by atoms with Gasteiger partial charge in [-0.05, 0) is 30.9 Å². The van der Waals surface area contributed by atoms with E-state index in [2.05, 4.69) is 0 Å². The average Bonchev–Trinajstić information content (AvgIpc) is 2.48. The molecule has 1 aromatic rings. The maximum atomic E-state index is 11.0. The molecular formula is C11H11N3O4. The summed E-state index contributed by atoms with van der Waals surface area (Å²) in [7, 11) is 0. The molecule has 1 saturated carbocycles. The third kappa shape index (κ3) is 1.04. The van der Waals surface area contributed by atoms with Crippen molar-refractivity contribution in [3.8, 4) is 5.75 Å². The van der Waals surface area contributed by atoms with Gasteiger partial charge in [0.1, 0.15) is 5.56 Å². The number of benzene rings is 1. The first kappa shape index (κ1) is 11.0. The second kappa shape index (κ2) is 3.20. The number of nitrogens with zero attached hydrogens (tertiary/aromatic N) is 2. The normalized spacial score (nSPS) is 19.8. The van der Waals surface area contributed by atoms with E-state index in [4.69, 9.17) is 5.41 Å². The fourth-order valence-electron chi connectivity index (χ4n) is 2.82. The van der Waals surface area contributed by atoms with E-state index in [9.17, 15) is 20.4 Å². The second-order valence-electron chi connectivity index (χ2n) is 4.66. The number of aromatic hydroxyl groups is 1. The highest BCUT2D eigenvalue weighted by Gasteiger charge is 2.54. The van der Waals surface area contributed by atoms with Gasteiger partial charge in [-0.25, -0.2) is 5.06 Å². The first-order chi connectivity index (χ1) is 8.49. The number of hydrogen-bond acceptors (Lipinski definition) is 5. The molecule has 1 aromatic carbocycles. The highest BCUT2D eigenvalue weighted by molar-refractivity contribution is 6.05. The Morgan fingerprint density at radius 1 is 1.44 bits per heavy atom. The Balaban J connectivity index is 2.31. The van der Waals surface area contributed by atoms with E-state index in [1.807, 2.05) is 0 Å². The summed E-state index contributed by atoms with van der Waals surface area (Å²) < 4.78 is 0. The van der Waals surface area contributed by atoms with Crippen LogP contribution in [0, 0.1) is 15.5 Å². The van der Waals surface area contributed by atoms with Crippen LogP contribution in [0.1, 0.15) is 30.4 Å². The van der Waals surface area contributed by atoms with Gasteiger partial charge in [0.05, 0.1) is 10.5 Å². The topological polar surface area (TPSA) is 111 Å². The van der Waals surface area contributed by atoms with Gasteiger partial charge in [-0.2, -0.15) is 0 Å². The average molecular weight is 249 g/mol. The van der Waals surface area contributed by atoms with Crippen molar-refractivity contribution in [2.45, 2.75) is 24.8 Å². The number of phenols is 1. The van der Waals surface area contributed by atoms with Crippen molar-refractivity contribution >= 4 is 11.5 Å². The van der Waals surface area contributed by atoms with Crippen molar-refractivity contribution in [3.63, 3.8) is 0 Å². The van der Waals surface area contributed by atoms with Crippen LogP contribution in [0.5, 0.6) is 5.75 Å². The van der Waals surface area contributed by atoms with Crippen LogP contribution in [-0.2, 0) is 5.54 Å².